The fraction of sp³-hybridized carbons (Fsp3) is 0.839. The number of hydrogen-bond donors (Lipinski definition) is 1. The number of hydrogen-bond acceptors (Lipinski definition) is 6. The standard InChI is InChI=1S/C31H46N2O5/c1-8-18(2)29(5)15-24(38-28(36)32-27(35)22-17-33-14-11-21(22)16-33)30(6)19(3)9-12-31(20(4)26(29)34)13-10-23(37-7)25(30)31/h1,18-25H,9-17H2,2-7H3,(H,32,35,36)/t18?,19-,20+,21-,22+,23-,24-,25?,29+,30+,31?/m1/s1. The van der Waals surface area contributed by atoms with Gasteiger partial charge in [0.05, 0.1) is 12.0 Å². The molecule has 2 aliphatic heterocycles. The molecule has 0 radical (unpaired) electrons. The number of carbonyl (C=O) groups is 3. The van der Waals surface area contributed by atoms with E-state index >= 15 is 0 Å². The van der Waals surface area contributed by atoms with Crippen LogP contribution in [-0.2, 0) is 19.1 Å². The molecular weight excluding hydrogens is 480 g/mol. The maximum absolute atomic E-state index is 14.3. The summed E-state index contributed by atoms with van der Waals surface area (Å²) < 4.78 is 12.4. The van der Waals surface area contributed by atoms with Gasteiger partial charge in [-0.3, -0.25) is 14.9 Å². The van der Waals surface area contributed by atoms with Gasteiger partial charge in [-0.2, -0.15) is 0 Å². The minimum Gasteiger partial charge on any atom is -0.445 e. The maximum Gasteiger partial charge on any atom is 0.414 e. The summed E-state index contributed by atoms with van der Waals surface area (Å²) >= 11 is 0. The van der Waals surface area contributed by atoms with Crippen LogP contribution in [0.25, 0.3) is 0 Å². The highest BCUT2D eigenvalue weighted by Crippen LogP contribution is 2.69. The van der Waals surface area contributed by atoms with Gasteiger partial charge < -0.3 is 14.4 Å². The first kappa shape index (κ1) is 27.6. The summed E-state index contributed by atoms with van der Waals surface area (Å²) in [4.78, 5) is 43.1. The van der Waals surface area contributed by atoms with Crippen LogP contribution < -0.4 is 5.32 Å². The first-order valence-electron chi connectivity index (χ1n) is 14.7. The van der Waals surface area contributed by atoms with Gasteiger partial charge in [-0.05, 0) is 62.3 Å². The fourth-order valence-corrected chi connectivity index (χ4v) is 9.62. The number of methoxy groups -OCH3 is 1. The van der Waals surface area contributed by atoms with E-state index < -0.39 is 23.0 Å². The van der Waals surface area contributed by atoms with Crippen molar-refractivity contribution in [2.45, 2.75) is 85.4 Å². The van der Waals surface area contributed by atoms with Crippen LogP contribution in [0.4, 0.5) is 4.79 Å². The SMILES string of the molecule is C#CC(C)[C@]1(C)C[C@@H](OC(=O)NC(=O)[C@H]2CN3CC[C@@H]2C3)[C@@]2(C)C3[C@H](OC)CCC3(CC[C@H]2C)[C@@H](C)C1=O. The highest BCUT2D eigenvalue weighted by Gasteiger charge is 2.69. The molecule has 5 fully saturated rings. The van der Waals surface area contributed by atoms with E-state index in [9.17, 15) is 14.4 Å². The van der Waals surface area contributed by atoms with E-state index in [0.717, 1.165) is 45.2 Å². The minimum atomic E-state index is -0.845. The van der Waals surface area contributed by atoms with E-state index in [2.05, 4.69) is 36.9 Å². The quantitative estimate of drug-likeness (QED) is 0.550. The third kappa shape index (κ3) is 3.88. The molecule has 2 amide bonds. The Balaban J connectivity index is 1.51. The molecule has 3 saturated carbocycles. The van der Waals surface area contributed by atoms with Gasteiger partial charge in [0.15, 0.2) is 0 Å². The van der Waals surface area contributed by atoms with Crippen molar-refractivity contribution in [2.75, 3.05) is 26.7 Å². The highest BCUT2D eigenvalue weighted by atomic mass is 16.6. The Morgan fingerprint density at radius 3 is 2.47 bits per heavy atom. The van der Waals surface area contributed by atoms with Crippen molar-refractivity contribution in [3.63, 3.8) is 0 Å². The molecule has 5 aliphatic rings. The number of ketones is 1. The summed E-state index contributed by atoms with van der Waals surface area (Å²) in [6, 6.07) is 0. The zero-order chi connectivity index (χ0) is 27.6. The van der Waals surface area contributed by atoms with Crippen molar-refractivity contribution in [3.8, 4) is 12.3 Å². The van der Waals surface area contributed by atoms with Gasteiger partial charge in [-0.1, -0.05) is 34.6 Å². The number of piperidine rings is 1. The van der Waals surface area contributed by atoms with E-state index in [1.165, 1.54) is 0 Å². The van der Waals surface area contributed by atoms with Crippen LogP contribution in [0, 0.1) is 64.1 Å². The van der Waals surface area contributed by atoms with Crippen molar-refractivity contribution in [2.24, 2.45) is 51.8 Å². The normalized spacial score (nSPS) is 48.4. The zero-order valence-electron chi connectivity index (χ0n) is 24.0. The first-order valence-corrected chi connectivity index (χ1v) is 14.7. The van der Waals surface area contributed by atoms with E-state index in [0.29, 0.717) is 18.9 Å². The van der Waals surface area contributed by atoms with Gasteiger partial charge in [0, 0.05) is 48.8 Å². The van der Waals surface area contributed by atoms with Gasteiger partial charge in [0.25, 0.3) is 0 Å². The van der Waals surface area contributed by atoms with Crippen molar-refractivity contribution >= 4 is 17.8 Å². The Labute approximate surface area is 228 Å². The number of imide groups is 1. The number of Topliss-reactive ketones (excluding diaryl/α,β-unsaturated/α-hetero) is 1. The average Bonchev–Trinajstić information content (AvgIpc) is 3.63. The third-order valence-corrected chi connectivity index (χ3v) is 12.4. The number of terminal acetylenes is 1. The summed E-state index contributed by atoms with van der Waals surface area (Å²) in [7, 11) is 1.76. The number of alkyl carbamates (subject to hydrolysis) is 1. The lowest BCUT2D eigenvalue weighted by Crippen LogP contribution is -2.64. The minimum absolute atomic E-state index is 0.00806. The third-order valence-electron chi connectivity index (χ3n) is 12.4. The zero-order valence-corrected chi connectivity index (χ0v) is 24.0. The predicted molar refractivity (Wildman–Crippen MR) is 144 cm³/mol. The summed E-state index contributed by atoms with van der Waals surface area (Å²) in [6.07, 6.45) is 9.71. The van der Waals surface area contributed by atoms with Crippen LogP contribution in [0.3, 0.4) is 0 Å². The lowest BCUT2D eigenvalue weighted by Gasteiger charge is -2.62. The molecule has 12 atom stereocenters. The van der Waals surface area contributed by atoms with Crippen LogP contribution in [0.1, 0.15) is 73.1 Å². The molecule has 0 aromatic rings. The molecular formula is C31H46N2O5. The molecule has 0 spiro atoms. The van der Waals surface area contributed by atoms with E-state index in [1.807, 2.05) is 13.8 Å². The highest BCUT2D eigenvalue weighted by molar-refractivity contribution is 5.94. The lowest BCUT2D eigenvalue weighted by molar-refractivity contribution is -0.194. The molecule has 2 saturated heterocycles. The van der Waals surface area contributed by atoms with E-state index in [1.54, 1.807) is 7.11 Å². The second-order valence-electron chi connectivity index (χ2n) is 13.7. The molecule has 3 aliphatic carbocycles. The Morgan fingerprint density at radius 1 is 1.16 bits per heavy atom. The van der Waals surface area contributed by atoms with Crippen LogP contribution in [0.5, 0.6) is 0 Å². The molecule has 0 aromatic heterocycles. The van der Waals surface area contributed by atoms with Gasteiger partial charge in [-0.15, -0.1) is 12.3 Å². The number of carbonyl (C=O) groups excluding carboxylic acids is 3. The van der Waals surface area contributed by atoms with E-state index in [-0.39, 0.29) is 52.8 Å². The molecule has 4 bridgehead atoms. The average molecular weight is 527 g/mol. The van der Waals surface area contributed by atoms with Crippen LogP contribution in [-0.4, -0.2) is 61.6 Å². The van der Waals surface area contributed by atoms with Gasteiger partial charge >= 0.3 is 6.09 Å². The van der Waals surface area contributed by atoms with Gasteiger partial charge in [-0.25, -0.2) is 4.79 Å². The number of ether oxygens (including phenoxy) is 2. The van der Waals surface area contributed by atoms with Crippen molar-refractivity contribution < 1.29 is 23.9 Å². The molecule has 7 heteroatoms. The second kappa shape index (κ2) is 9.63. The predicted octanol–water partition coefficient (Wildman–Crippen LogP) is 4.29. The Morgan fingerprint density at radius 2 is 1.87 bits per heavy atom. The smallest absolute Gasteiger partial charge is 0.414 e. The lowest BCUT2D eigenvalue weighted by atomic mass is 9.43. The first-order chi connectivity index (χ1) is 17.9. The monoisotopic (exact) mass is 526 g/mol. The largest absolute Gasteiger partial charge is 0.445 e. The number of amides is 2. The summed E-state index contributed by atoms with van der Waals surface area (Å²) in [5, 5.41) is 2.59. The molecule has 0 aromatic carbocycles. The summed E-state index contributed by atoms with van der Waals surface area (Å²) in [5.41, 5.74) is -1.50. The van der Waals surface area contributed by atoms with Crippen LogP contribution in [0.15, 0.2) is 0 Å². The van der Waals surface area contributed by atoms with Crippen molar-refractivity contribution in [3.05, 3.63) is 0 Å². The second-order valence-corrected chi connectivity index (χ2v) is 13.7. The molecule has 38 heavy (non-hydrogen) atoms. The maximum atomic E-state index is 14.3. The number of nitrogens with zero attached hydrogens (tertiary/aromatic N) is 1. The van der Waals surface area contributed by atoms with Crippen molar-refractivity contribution in [1.82, 2.24) is 10.2 Å². The Kier molecular flexibility index (Phi) is 7.00. The molecule has 1 N–H and O–H groups in total. The van der Waals surface area contributed by atoms with E-state index in [4.69, 9.17) is 15.9 Å². The molecule has 2 heterocycles. The molecule has 7 nitrogen and oxygen atoms in total. The molecule has 5 rings (SSSR count). The molecule has 210 valence electrons. The number of nitrogens with one attached hydrogen (secondary N) is 1. The molecule has 4 unspecified atom stereocenters. The number of fused-ring (bicyclic) bond motifs is 2. The van der Waals surface area contributed by atoms with Crippen LogP contribution >= 0.6 is 0 Å². The van der Waals surface area contributed by atoms with Gasteiger partial charge in [0.2, 0.25) is 5.91 Å². The van der Waals surface area contributed by atoms with Crippen molar-refractivity contribution in [1.29, 1.82) is 0 Å². The Hall–Kier alpha value is -1.91. The summed E-state index contributed by atoms with van der Waals surface area (Å²) in [6.45, 7) is 13.1. The fourth-order valence-electron chi connectivity index (χ4n) is 9.62. The number of rotatable bonds is 4. The van der Waals surface area contributed by atoms with Gasteiger partial charge in [0.1, 0.15) is 11.9 Å². The van der Waals surface area contributed by atoms with Crippen LogP contribution in [0.2, 0.25) is 0 Å². The Bertz CT molecular complexity index is 1040. The topological polar surface area (TPSA) is 84.9 Å². The summed E-state index contributed by atoms with van der Waals surface area (Å²) in [5.74, 6) is 2.73.